The highest BCUT2D eigenvalue weighted by Gasteiger charge is 2.34. The molecule has 0 saturated carbocycles. The molecule has 0 bridgehead atoms. The van der Waals surface area contributed by atoms with Gasteiger partial charge in [0, 0.05) is 35.7 Å². The Bertz CT molecular complexity index is 1080. The second kappa shape index (κ2) is 9.72. The van der Waals surface area contributed by atoms with Gasteiger partial charge in [0.15, 0.2) is 11.5 Å². The van der Waals surface area contributed by atoms with Crippen LogP contribution in [0.3, 0.4) is 0 Å². The van der Waals surface area contributed by atoms with Crippen LogP contribution in [0.5, 0.6) is 11.5 Å². The van der Waals surface area contributed by atoms with Crippen LogP contribution in [0.2, 0.25) is 0 Å². The number of nitrogens with one attached hydrogen (secondary N) is 1. The van der Waals surface area contributed by atoms with Crippen molar-refractivity contribution >= 4 is 27.7 Å². The first kappa shape index (κ1) is 22.9. The third-order valence-electron chi connectivity index (χ3n) is 6.09. The minimum Gasteiger partial charge on any atom is -0.493 e. The molecule has 1 fully saturated rings. The summed E-state index contributed by atoms with van der Waals surface area (Å²) in [6.45, 7) is 0.623. The van der Waals surface area contributed by atoms with E-state index in [2.05, 4.69) is 17.4 Å². The molecule has 1 amide bonds. The molecule has 1 saturated heterocycles. The standard InChI is InChI=1S/C23H28N2O5S2/c1-29-20-8-7-17(15-21(20)30-2)32(27,28)25-12-9-16(10-13-25)23(26)24-19-11-14-31-22-6-4-3-5-18(19)22/h3-8,15-16,19H,9-14H2,1-2H3,(H,24,26). The summed E-state index contributed by atoms with van der Waals surface area (Å²) in [6, 6.07) is 12.8. The van der Waals surface area contributed by atoms with Gasteiger partial charge >= 0.3 is 0 Å². The van der Waals surface area contributed by atoms with E-state index in [9.17, 15) is 13.2 Å². The molecule has 4 rings (SSSR count). The van der Waals surface area contributed by atoms with Gasteiger partial charge in [-0.3, -0.25) is 4.79 Å². The zero-order chi connectivity index (χ0) is 22.7. The maximum absolute atomic E-state index is 13.1. The molecule has 2 aliphatic rings. The average molecular weight is 477 g/mol. The normalized spacial score (nSPS) is 19.8. The number of amides is 1. The van der Waals surface area contributed by atoms with Crippen LogP contribution in [0.25, 0.3) is 0 Å². The van der Waals surface area contributed by atoms with Crippen LogP contribution in [0.4, 0.5) is 0 Å². The number of sulfonamides is 1. The summed E-state index contributed by atoms with van der Waals surface area (Å²) in [5.74, 6) is 1.65. The quantitative estimate of drug-likeness (QED) is 0.687. The second-order valence-corrected chi connectivity index (χ2v) is 11.0. The minimum absolute atomic E-state index is 0.0138. The molecule has 2 aromatic rings. The van der Waals surface area contributed by atoms with Crippen LogP contribution >= 0.6 is 11.8 Å². The highest BCUT2D eigenvalue weighted by molar-refractivity contribution is 7.99. The van der Waals surface area contributed by atoms with Crippen molar-refractivity contribution in [2.24, 2.45) is 5.92 Å². The van der Waals surface area contributed by atoms with Crippen molar-refractivity contribution in [2.75, 3.05) is 33.1 Å². The van der Waals surface area contributed by atoms with Gasteiger partial charge in [0.25, 0.3) is 0 Å². The SMILES string of the molecule is COc1ccc(S(=O)(=O)N2CCC(C(=O)NC3CCSc4ccccc43)CC2)cc1OC. The van der Waals surface area contributed by atoms with Crippen molar-refractivity contribution in [3.8, 4) is 11.5 Å². The van der Waals surface area contributed by atoms with Gasteiger partial charge in [-0.15, -0.1) is 11.8 Å². The topological polar surface area (TPSA) is 84.9 Å². The number of carbonyl (C=O) groups is 1. The smallest absolute Gasteiger partial charge is 0.243 e. The first-order valence-electron chi connectivity index (χ1n) is 10.7. The number of carbonyl (C=O) groups excluding carboxylic acids is 1. The lowest BCUT2D eigenvalue weighted by Crippen LogP contribution is -2.44. The van der Waals surface area contributed by atoms with Gasteiger partial charge < -0.3 is 14.8 Å². The number of piperidine rings is 1. The van der Waals surface area contributed by atoms with E-state index in [0.717, 1.165) is 12.2 Å². The van der Waals surface area contributed by atoms with Gasteiger partial charge in [0.1, 0.15) is 0 Å². The number of rotatable bonds is 6. The van der Waals surface area contributed by atoms with E-state index in [1.165, 1.54) is 41.1 Å². The number of benzene rings is 2. The molecule has 9 heteroatoms. The molecule has 172 valence electrons. The number of methoxy groups -OCH3 is 2. The molecular formula is C23H28N2O5S2. The van der Waals surface area contributed by atoms with Crippen LogP contribution in [0.15, 0.2) is 52.3 Å². The van der Waals surface area contributed by atoms with E-state index < -0.39 is 10.0 Å². The molecule has 0 aromatic heterocycles. The van der Waals surface area contributed by atoms with E-state index in [-0.39, 0.29) is 22.8 Å². The Morgan fingerprint density at radius 2 is 1.75 bits per heavy atom. The van der Waals surface area contributed by atoms with Gasteiger partial charge in [-0.25, -0.2) is 8.42 Å². The predicted octanol–water partition coefficient (Wildman–Crippen LogP) is 3.46. The third-order valence-corrected chi connectivity index (χ3v) is 9.11. The Balaban J connectivity index is 1.39. The minimum atomic E-state index is -3.67. The number of ether oxygens (including phenoxy) is 2. The lowest BCUT2D eigenvalue weighted by molar-refractivity contribution is -0.126. The molecule has 0 radical (unpaired) electrons. The van der Waals surface area contributed by atoms with Crippen LogP contribution < -0.4 is 14.8 Å². The van der Waals surface area contributed by atoms with Crippen molar-refractivity contribution < 1.29 is 22.7 Å². The fraction of sp³-hybridized carbons (Fsp3) is 0.435. The van der Waals surface area contributed by atoms with Crippen LogP contribution in [0.1, 0.15) is 30.9 Å². The predicted molar refractivity (Wildman–Crippen MR) is 124 cm³/mol. The molecule has 0 spiro atoms. The molecule has 2 aliphatic heterocycles. The summed E-state index contributed by atoms with van der Waals surface area (Å²) >= 11 is 1.82. The Labute approximate surface area is 193 Å². The van der Waals surface area contributed by atoms with Gasteiger partial charge in [-0.2, -0.15) is 4.31 Å². The van der Waals surface area contributed by atoms with Crippen LogP contribution in [-0.4, -0.2) is 51.7 Å². The van der Waals surface area contributed by atoms with Crippen molar-refractivity contribution in [1.29, 1.82) is 0 Å². The lowest BCUT2D eigenvalue weighted by Gasteiger charge is -2.32. The first-order chi connectivity index (χ1) is 15.4. The molecule has 1 atom stereocenters. The Morgan fingerprint density at radius 1 is 1.03 bits per heavy atom. The summed E-state index contributed by atoms with van der Waals surface area (Å²) in [4.78, 5) is 14.3. The summed E-state index contributed by atoms with van der Waals surface area (Å²) < 4.78 is 38.1. The van der Waals surface area contributed by atoms with E-state index in [0.29, 0.717) is 37.4 Å². The zero-order valence-corrected chi connectivity index (χ0v) is 19.9. The summed E-state index contributed by atoms with van der Waals surface area (Å²) in [6.07, 6.45) is 1.91. The number of hydrogen-bond donors (Lipinski definition) is 1. The molecule has 32 heavy (non-hydrogen) atoms. The van der Waals surface area contributed by atoms with Crippen molar-refractivity contribution in [3.63, 3.8) is 0 Å². The molecule has 2 heterocycles. The summed E-state index contributed by atoms with van der Waals surface area (Å²) in [7, 11) is -0.692. The molecule has 2 aromatic carbocycles. The van der Waals surface area contributed by atoms with Crippen molar-refractivity contribution in [2.45, 2.75) is 35.1 Å². The molecule has 1 N–H and O–H groups in total. The van der Waals surface area contributed by atoms with E-state index in [1.54, 1.807) is 6.07 Å². The highest BCUT2D eigenvalue weighted by atomic mass is 32.2. The Kier molecular flexibility index (Phi) is 6.97. The fourth-order valence-electron chi connectivity index (χ4n) is 4.27. The van der Waals surface area contributed by atoms with Crippen LogP contribution in [-0.2, 0) is 14.8 Å². The van der Waals surface area contributed by atoms with Crippen LogP contribution in [0, 0.1) is 5.92 Å². The Morgan fingerprint density at radius 3 is 2.47 bits per heavy atom. The van der Waals surface area contributed by atoms with Gasteiger partial charge in [-0.1, -0.05) is 18.2 Å². The highest BCUT2D eigenvalue weighted by Crippen LogP contribution is 2.36. The van der Waals surface area contributed by atoms with E-state index in [1.807, 2.05) is 23.9 Å². The number of fused-ring (bicyclic) bond motifs is 1. The van der Waals surface area contributed by atoms with Gasteiger partial charge in [0.05, 0.1) is 25.2 Å². The molecule has 7 nitrogen and oxygen atoms in total. The maximum atomic E-state index is 13.1. The second-order valence-electron chi connectivity index (χ2n) is 7.93. The first-order valence-corrected chi connectivity index (χ1v) is 13.1. The van der Waals surface area contributed by atoms with E-state index >= 15 is 0 Å². The third kappa shape index (κ3) is 4.60. The summed E-state index contributed by atoms with van der Waals surface area (Å²) in [5, 5.41) is 3.21. The molecule has 0 aliphatic carbocycles. The largest absolute Gasteiger partial charge is 0.493 e. The molecular weight excluding hydrogens is 448 g/mol. The fourth-order valence-corrected chi connectivity index (χ4v) is 6.88. The molecule has 1 unspecified atom stereocenters. The van der Waals surface area contributed by atoms with Gasteiger partial charge in [0.2, 0.25) is 15.9 Å². The van der Waals surface area contributed by atoms with Crippen molar-refractivity contribution in [3.05, 3.63) is 48.0 Å². The number of hydrogen-bond acceptors (Lipinski definition) is 6. The van der Waals surface area contributed by atoms with Gasteiger partial charge in [-0.05, 0) is 43.0 Å². The van der Waals surface area contributed by atoms with Crippen molar-refractivity contribution in [1.82, 2.24) is 9.62 Å². The lowest BCUT2D eigenvalue weighted by atomic mass is 9.95. The maximum Gasteiger partial charge on any atom is 0.243 e. The Hall–Kier alpha value is -2.23. The monoisotopic (exact) mass is 476 g/mol. The zero-order valence-electron chi connectivity index (χ0n) is 18.2. The van der Waals surface area contributed by atoms with E-state index in [4.69, 9.17) is 9.47 Å². The number of thioether (sulfide) groups is 1. The number of nitrogens with zero attached hydrogens (tertiary/aromatic N) is 1. The average Bonchev–Trinajstić information content (AvgIpc) is 2.83. The summed E-state index contributed by atoms with van der Waals surface area (Å²) in [5.41, 5.74) is 1.17.